The molecule has 10 heteroatoms. The Morgan fingerprint density at radius 2 is 1.68 bits per heavy atom. The highest BCUT2D eigenvalue weighted by atomic mass is 16.5. The van der Waals surface area contributed by atoms with Gasteiger partial charge < -0.3 is 24.4 Å². The minimum atomic E-state index is -0.0807. The summed E-state index contributed by atoms with van der Waals surface area (Å²) in [5.74, 6) is 1.18. The number of ether oxygens (including phenoxy) is 1. The quantitative estimate of drug-likeness (QED) is 0.354. The van der Waals surface area contributed by atoms with E-state index < -0.39 is 0 Å². The second-order valence-corrected chi connectivity index (χ2v) is 11.3. The molecule has 10 nitrogen and oxygen atoms in total. The van der Waals surface area contributed by atoms with E-state index in [4.69, 9.17) is 9.72 Å². The zero-order chi connectivity index (χ0) is 28.1. The summed E-state index contributed by atoms with van der Waals surface area (Å²) in [5.41, 5.74) is 4.73. The van der Waals surface area contributed by atoms with Gasteiger partial charge in [0.1, 0.15) is 16.8 Å². The topological polar surface area (TPSA) is 83.2 Å². The molecule has 2 aliphatic rings. The van der Waals surface area contributed by atoms with Crippen LogP contribution in [0.3, 0.4) is 0 Å². The SMILES string of the molecule is COc1cc(N2CCC(N3CCN(C)CC3)CC2)ccc1Nc1ncc2c(n1)n1c(cc3ccccc31)c(=O)n2C. The average molecular weight is 553 g/mol. The van der Waals surface area contributed by atoms with Gasteiger partial charge in [0.2, 0.25) is 5.95 Å². The van der Waals surface area contributed by atoms with Crippen LogP contribution in [0.4, 0.5) is 17.3 Å². The fraction of sp³-hybridized carbons (Fsp3) is 0.387. The van der Waals surface area contributed by atoms with Gasteiger partial charge in [0.25, 0.3) is 5.56 Å². The maximum absolute atomic E-state index is 13.1. The van der Waals surface area contributed by atoms with Crippen molar-refractivity contribution in [2.24, 2.45) is 7.05 Å². The molecular weight excluding hydrogens is 516 g/mol. The molecule has 5 aromatic rings. The van der Waals surface area contributed by atoms with E-state index in [-0.39, 0.29) is 5.56 Å². The van der Waals surface area contributed by atoms with E-state index in [1.54, 1.807) is 24.9 Å². The number of nitrogens with one attached hydrogen (secondary N) is 1. The number of hydrogen-bond acceptors (Lipinski definition) is 8. The maximum Gasteiger partial charge on any atom is 0.275 e. The first-order chi connectivity index (χ1) is 20.0. The molecule has 2 aliphatic heterocycles. The Bertz CT molecular complexity index is 1800. The lowest BCUT2D eigenvalue weighted by Gasteiger charge is -2.42. The lowest BCUT2D eigenvalue weighted by molar-refractivity contribution is 0.0982. The van der Waals surface area contributed by atoms with Crippen LogP contribution in [-0.4, -0.2) is 88.2 Å². The Hall–Kier alpha value is -4.15. The van der Waals surface area contributed by atoms with E-state index in [2.05, 4.69) is 44.2 Å². The number of fused-ring (bicyclic) bond motifs is 5. The molecule has 7 rings (SSSR count). The van der Waals surface area contributed by atoms with Gasteiger partial charge in [-0.2, -0.15) is 4.98 Å². The van der Waals surface area contributed by atoms with Crippen LogP contribution in [0.15, 0.2) is 59.5 Å². The van der Waals surface area contributed by atoms with E-state index in [1.807, 2.05) is 40.8 Å². The molecule has 0 saturated carbocycles. The van der Waals surface area contributed by atoms with Crippen LogP contribution in [0, 0.1) is 0 Å². The number of anilines is 3. The predicted molar refractivity (Wildman–Crippen MR) is 164 cm³/mol. The van der Waals surface area contributed by atoms with E-state index in [1.165, 1.54) is 31.6 Å². The third-order valence-corrected chi connectivity index (χ3v) is 8.87. The third kappa shape index (κ3) is 4.57. The van der Waals surface area contributed by atoms with Gasteiger partial charge in [-0.3, -0.25) is 14.1 Å². The van der Waals surface area contributed by atoms with Crippen molar-refractivity contribution in [2.45, 2.75) is 18.9 Å². The summed E-state index contributed by atoms with van der Waals surface area (Å²) in [5, 5.41) is 4.36. The number of para-hydroxylation sites is 1. The number of aryl methyl sites for hydroxylation is 1. The summed E-state index contributed by atoms with van der Waals surface area (Å²) >= 11 is 0. The van der Waals surface area contributed by atoms with Crippen molar-refractivity contribution in [1.82, 2.24) is 28.7 Å². The van der Waals surface area contributed by atoms with Gasteiger partial charge in [-0.1, -0.05) is 18.2 Å². The first-order valence-electron chi connectivity index (χ1n) is 14.4. The Balaban J connectivity index is 1.15. The molecule has 0 amide bonds. The Kier molecular flexibility index (Phi) is 6.51. The summed E-state index contributed by atoms with van der Waals surface area (Å²) in [6, 6.07) is 16.8. The lowest BCUT2D eigenvalue weighted by Crippen LogP contribution is -2.52. The first-order valence-corrected chi connectivity index (χ1v) is 14.4. The Morgan fingerprint density at radius 3 is 2.46 bits per heavy atom. The lowest BCUT2D eigenvalue weighted by atomic mass is 10.0. The van der Waals surface area contributed by atoms with Crippen molar-refractivity contribution >= 4 is 44.9 Å². The van der Waals surface area contributed by atoms with Gasteiger partial charge in [0.05, 0.1) is 24.5 Å². The fourth-order valence-corrected chi connectivity index (χ4v) is 6.43. The summed E-state index contributed by atoms with van der Waals surface area (Å²) in [6.45, 7) is 6.76. The third-order valence-electron chi connectivity index (χ3n) is 8.87. The summed E-state index contributed by atoms with van der Waals surface area (Å²) in [7, 11) is 5.66. The second kappa shape index (κ2) is 10.4. The normalized spacial score (nSPS) is 17.6. The van der Waals surface area contributed by atoms with Gasteiger partial charge in [-0.25, -0.2) is 4.98 Å². The molecule has 0 aliphatic carbocycles. The van der Waals surface area contributed by atoms with Crippen LogP contribution in [0.2, 0.25) is 0 Å². The number of piperazine rings is 1. The molecule has 212 valence electrons. The molecule has 1 N–H and O–H groups in total. The van der Waals surface area contributed by atoms with E-state index in [0.29, 0.717) is 28.7 Å². The Labute approximate surface area is 238 Å². The van der Waals surface area contributed by atoms with Crippen molar-refractivity contribution in [3.63, 3.8) is 0 Å². The van der Waals surface area contributed by atoms with Crippen LogP contribution >= 0.6 is 0 Å². The smallest absolute Gasteiger partial charge is 0.275 e. The molecule has 0 atom stereocenters. The molecule has 2 saturated heterocycles. The Morgan fingerprint density at radius 1 is 0.902 bits per heavy atom. The molecule has 0 spiro atoms. The molecule has 5 heterocycles. The van der Waals surface area contributed by atoms with E-state index in [9.17, 15) is 4.79 Å². The van der Waals surface area contributed by atoms with Crippen LogP contribution in [-0.2, 0) is 7.05 Å². The molecule has 2 fully saturated rings. The van der Waals surface area contributed by atoms with E-state index in [0.717, 1.165) is 48.5 Å². The highest BCUT2D eigenvalue weighted by molar-refractivity contribution is 5.92. The minimum Gasteiger partial charge on any atom is -0.494 e. The summed E-state index contributed by atoms with van der Waals surface area (Å²) in [4.78, 5) is 30.1. The number of nitrogens with zero attached hydrogens (tertiary/aromatic N) is 7. The molecule has 2 aromatic carbocycles. The number of likely N-dealkylation sites (N-methyl/N-ethyl adjacent to an activating group) is 1. The fourth-order valence-electron chi connectivity index (χ4n) is 6.43. The molecular formula is C31H36N8O2. The minimum absolute atomic E-state index is 0.0807. The maximum atomic E-state index is 13.1. The number of aromatic nitrogens is 4. The number of methoxy groups -OCH3 is 1. The number of benzene rings is 2. The van der Waals surface area contributed by atoms with Gasteiger partial charge in [-0.15, -0.1) is 0 Å². The first kappa shape index (κ1) is 25.8. The number of piperidine rings is 1. The molecule has 0 unspecified atom stereocenters. The summed E-state index contributed by atoms with van der Waals surface area (Å²) < 4.78 is 9.33. The van der Waals surface area contributed by atoms with Gasteiger partial charge >= 0.3 is 0 Å². The van der Waals surface area contributed by atoms with Crippen LogP contribution < -0.4 is 20.5 Å². The molecule has 3 aromatic heterocycles. The van der Waals surface area contributed by atoms with Crippen LogP contribution in [0.1, 0.15) is 12.8 Å². The summed E-state index contributed by atoms with van der Waals surface area (Å²) in [6.07, 6.45) is 4.07. The zero-order valence-corrected chi connectivity index (χ0v) is 23.9. The molecule has 41 heavy (non-hydrogen) atoms. The predicted octanol–water partition coefficient (Wildman–Crippen LogP) is 3.70. The average Bonchev–Trinajstić information content (AvgIpc) is 3.41. The van der Waals surface area contributed by atoms with Crippen LogP contribution in [0.25, 0.3) is 27.6 Å². The van der Waals surface area contributed by atoms with Crippen molar-refractivity contribution in [3.05, 3.63) is 65.1 Å². The van der Waals surface area contributed by atoms with Gasteiger partial charge in [0.15, 0.2) is 5.65 Å². The highest BCUT2D eigenvalue weighted by Crippen LogP contribution is 2.33. The number of hydrogen-bond donors (Lipinski definition) is 1. The standard InChI is InChI=1S/C31H36N8O2/c1-35-14-16-38(17-15-35)22-10-12-37(13-11-22)23-8-9-24(28(19-23)41-3)33-31-32-20-27-29(34-31)39-25-7-5-4-6-21(25)18-26(39)30(40)36(27)2/h4-9,18-20,22H,10-17H2,1-3H3,(H,32,33,34). The van der Waals surface area contributed by atoms with Gasteiger partial charge in [0, 0.05) is 69.5 Å². The largest absolute Gasteiger partial charge is 0.494 e. The van der Waals surface area contributed by atoms with Crippen molar-refractivity contribution < 1.29 is 4.74 Å². The molecule has 0 radical (unpaired) electrons. The van der Waals surface area contributed by atoms with Crippen LogP contribution in [0.5, 0.6) is 5.75 Å². The van der Waals surface area contributed by atoms with Crippen molar-refractivity contribution in [2.75, 3.05) is 63.6 Å². The van der Waals surface area contributed by atoms with Crippen molar-refractivity contribution in [3.8, 4) is 5.75 Å². The second-order valence-electron chi connectivity index (χ2n) is 11.3. The van der Waals surface area contributed by atoms with E-state index >= 15 is 0 Å². The zero-order valence-electron chi connectivity index (χ0n) is 23.9. The van der Waals surface area contributed by atoms with Crippen molar-refractivity contribution in [1.29, 1.82) is 0 Å². The highest BCUT2D eigenvalue weighted by Gasteiger charge is 2.27. The number of rotatable bonds is 5. The van der Waals surface area contributed by atoms with Gasteiger partial charge in [-0.05, 0) is 44.2 Å². The molecule has 0 bridgehead atoms. The monoisotopic (exact) mass is 552 g/mol.